The van der Waals surface area contributed by atoms with Crippen molar-refractivity contribution in [3.63, 3.8) is 0 Å². The standard InChI is InChI=1S/C12H17ClN2O2/c1-17-10-3-2-9(11(13)8-10)5-7-15-12(16)4-6-14/h2-3,8H,4-7,14H2,1H3,(H,15,16). The Bertz CT molecular complexity index is 383. The molecule has 0 radical (unpaired) electrons. The van der Waals surface area contributed by atoms with Crippen molar-refractivity contribution in [2.75, 3.05) is 20.2 Å². The topological polar surface area (TPSA) is 64.3 Å². The van der Waals surface area contributed by atoms with Crippen LogP contribution in [0.15, 0.2) is 18.2 Å². The molecule has 0 heterocycles. The van der Waals surface area contributed by atoms with E-state index in [4.69, 9.17) is 22.1 Å². The van der Waals surface area contributed by atoms with Crippen LogP contribution in [0, 0.1) is 0 Å². The quantitative estimate of drug-likeness (QED) is 0.808. The Morgan fingerprint density at radius 3 is 2.88 bits per heavy atom. The van der Waals surface area contributed by atoms with E-state index in [0.717, 1.165) is 11.3 Å². The van der Waals surface area contributed by atoms with Gasteiger partial charge in [-0.15, -0.1) is 0 Å². The van der Waals surface area contributed by atoms with Crippen LogP contribution in [0.3, 0.4) is 0 Å². The summed E-state index contributed by atoms with van der Waals surface area (Å²) in [5.41, 5.74) is 6.26. The predicted molar refractivity (Wildman–Crippen MR) is 68.4 cm³/mol. The minimum absolute atomic E-state index is 0.0304. The van der Waals surface area contributed by atoms with Gasteiger partial charge in [0, 0.05) is 24.5 Å². The molecule has 0 unspecified atom stereocenters. The van der Waals surface area contributed by atoms with Gasteiger partial charge >= 0.3 is 0 Å². The fourth-order valence-electron chi connectivity index (χ4n) is 1.41. The van der Waals surface area contributed by atoms with E-state index in [-0.39, 0.29) is 5.91 Å². The zero-order valence-corrected chi connectivity index (χ0v) is 10.6. The molecule has 0 atom stereocenters. The molecule has 94 valence electrons. The molecule has 1 aromatic carbocycles. The molecule has 1 amide bonds. The first-order valence-corrected chi connectivity index (χ1v) is 5.84. The molecule has 4 nitrogen and oxygen atoms in total. The predicted octanol–water partition coefficient (Wildman–Crippen LogP) is 1.36. The van der Waals surface area contributed by atoms with Gasteiger partial charge in [0.2, 0.25) is 5.91 Å². The van der Waals surface area contributed by atoms with Gasteiger partial charge in [0.05, 0.1) is 7.11 Å². The SMILES string of the molecule is COc1ccc(CCNC(=O)CCN)c(Cl)c1. The lowest BCUT2D eigenvalue weighted by Crippen LogP contribution is -2.27. The van der Waals surface area contributed by atoms with Gasteiger partial charge in [0.25, 0.3) is 0 Å². The van der Waals surface area contributed by atoms with Gasteiger partial charge in [0.15, 0.2) is 0 Å². The number of hydrogen-bond donors (Lipinski definition) is 2. The average Bonchev–Trinajstić information content (AvgIpc) is 2.31. The molecule has 0 saturated carbocycles. The summed E-state index contributed by atoms with van der Waals surface area (Å²) in [6, 6.07) is 5.51. The van der Waals surface area contributed by atoms with Crippen LogP contribution in [-0.4, -0.2) is 26.1 Å². The molecule has 0 aliphatic heterocycles. The summed E-state index contributed by atoms with van der Waals surface area (Å²) in [7, 11) is 1.60. The number of benzene rings is 1. The van der Waals surface area contributed by atoms with E-state index in [1.54, 1.807) is 13.2 Å². The second-order valence-electron chi connectivity index (χ2n) is 3.60. The maximum atomic E-state index is 11.2. The highest BCUT2D eigenvalue weighted by Gasteiger charge is 2.03. The smallest absolute Gasteiger partial charge is 0.221 e. The fraction of sp³-hybridized carbons (Fsp3) is 0.417. The summed E-state index contributed by atoms with van der Waals surface area (Å²) >= 11 is 6.07. The van der Waals surface area contributed by atoms with E-state index in [2.05, 4.69) is 5.32 Å². The van der Waals surface area contributed by atoms with Crippen molar-refractivity contribution in [2.24, 2.45) is 5.73 Å². The summed E-state index contributed by atoms with van der Waals surface area (Å²) in [6.07, 6.45) is 1.05. The highest BCUT2D eigenvalue weighted by Crippen LogP contribution is 2.22. The number of hydrogen-bond acceptors (Lipinski definition) is 3. The van der Waals surface area contributed by atoms with Crippen molar-refractivity contribution in [3.05, 3.63) is 28.8 Å². The zero-order chi connectivity index (χ0) is 12.7. The van der Waals surface area contributed by atoms with E-state index in [1.807, 2.05) is 12.1 Å². The molecule has 0 aliphatic rings. The van der Waals surface area contributed by atoms with Gasteiger partial charge in [-0.05, 0) is 24.1 Å². The number of methoxy groups -OCH3 is 1. The number of ether oxygens (including phenoxy) is 1. The molecule has 0 spiro atoms. The molecule has 0 aromatic heterocycles. The first-order chi connectivity index (χ1) is 8.17. The number of rotatable bonds is 6. The van der Waals surface area contributed by atoms with Gasteiger partial charge in [-0.3, -0.25) is 4.79 Å². The first-order valence-electron chi connectivity index (χ1n) is 5.46. The third-order valence-electron chi connectivity index (χ3n) is 2.35. The van der Waals surface area contributed by atoms with E-state index < -0.39 is 0 Å². The van der Waals surface area contributed by atoms with Crippen LogP contribution in [0.1, 0.15) is 12.0 Å². The van der Waals surface area contributed by atoms with E-state index in [9.17, 15) is 4.79 Å². The van der Waals surface area contributed by atoms with Crippen molar-refractivity contribution in [1.29, 1.82) is 0 Å². The Labute approximate surface area is 106 Å². The third kappa shape index (κ3) is 4.63. The first kappa shape index (κ1) is 13.8. The van der Waals surface area contributed by atoms with Crippen molar-refractivity contribution in [1.82, 2.24) is 5.32 Å². The molecule has 17 heavy (non-hydrogen) atoms. The number of nitrogens with one attached hydrogen (secondary N) is 1. The normalized spacial score (nSPS) is 10.1. The summed E-state index contributed by atoms with van der Waals surface area (Å²) < 4.78 is 5.06. The highest BCUT2D eigenvalue weighted by molar-refractivity contribution is 6.31. The number of carbonyl (C=O) groups is 1. The second kappa shape index (κ2) is 7.14. The van der Waals surface area contributed by atoms with Crippen LogP contribution in [-0.2, 0) is 11.2 Å². The Morgan fingerprint density at radius 1 is 1.53 bits per heavy atom. The van der Waals surface area contributed by atoms with Crippen LogP contribution in [0.5, 0.6) is 5.75 Å². The van der Waals surface area contributed by atoms with Crippen LogP contribution >= 0.6 is 11.6 Å². The fourth-order valence-corrected chi connectivity index (χ4v) is 1.68. The number of nitrogens with two attached hydrogens (primary N) is 1. The van der Waals surface area contributed by atoms with E-state index in [0.29, 0.717) is 31.0 Å². The minimum atomic E-state index is -0.0304. The zero-order valence-electron chi connectivity index (χ0n) is 9.83. The maximum absolute atomic E-state index is 11.2. The van der Waals surface area contributed by atoms with Gasteiger partial charge in [-0.2, -0.15) is 0 Å². The van der Waals surface area contributed by atoms with Gasteiger partial charge in [0.1, 0.15) is 5.75 Å². The van der Waals surface area contributed by atoms with Crippen LogP contribution < -0.4 is 15.8 Å². The minimum Gasteiger partial charge on any atom is -0.497 e. The summed E-state index contributed by atoms with van der Waals surface area (Å²) in [4.78, 5) is 11.2. The van der Waals surface area contributed by atoms with Crippen molar-refractivity contribution in [2.45, 2.75) is 12.8 Å². The molecule has 0 aliphatic carbocycles. The van der Waals surface area contributed by atoms with E-state index >= 15 is 0 Å². The third-order valence-corrected chi connectivity index (χ3v) is 2.70. The second-order valence-corrected chi connectivity index (χ2v) is 4.00. The summed E-state index contributed by atoms with van der Waals surface area (Å²) in [6.45, 7) is 0.931. The largest absolute Gasteiger partial charge is 0.497 e. The Morgan fingerprint density at radius 2 is 2.29 bits per heavy atom. The summed E-state index contributed by atoms with van der Waals surface area (Å²) in [5, 5.41) is 3.43. The molecule has 0 saturated heterocycles. The molecule has 0 fully saturated rings. The van der Waals surface area contributed by atoms with Crippen LogP contribution in [0.25, 0.3) is 0 Å². The Kier molecular flexibility index (Phi) is 5.80. The molecule has 3 N–H and O–H groups in total. The molecular weight excluding hydrogens is 240 g/mol. The lowest BCUT2D eigenvalue weighted by Gasteiger charge is -2.07. The molecule has 5 heteroatoms. The lowest BCUT2D eigenvalue weighted by molar-refractivity contribution is -0.120. The molecule has 0 bridgehead atoms. The van der Waals surface area contributed by atoms with Crippen LogP contribution in [0.2, 0.25) is 5.02 Å². The van der Waals surface area contributed by atoms with Gasteiger partial charge in [-0.1, -0.05) is 17.7 Å². The lowest BCUT2D eigenvalue weighted by atomic mass is 10.1. The number of halogens is 1. The monoisotopic (exact) mass is 256 g/mol. The average molecular weight is 257 g/mol. The number of carbonyl (C=O) groups excluding carboxylic acids is 1. The summed E-state index contributed by atoms with van der Waals surface area (Å²) in [5.74, 6) is 0.697. The Balaban J connectivity index is 2.44. The molecule has 1 rings (SSSR count). The molecule has 1 aromatic rings. The van der Waals surface area contributed by atoms with Gasteiger partial charge in [-0.25, -0.2) is 0 Å². The Hall–Kier alpha value is -1.26. The molecular formula is C12H17ClN2O2. The number of amides is 1. The van der Waals surface area contributed by atoms with Crippen molar-refractivity contribution >= 4 is 17.5 Å². The van der Waals surface area contributed by atoms with Crippen molar-refractivity contribution < 1.29 is 9.53 Å². The van der Waals surface area contributed by atoms with Crippen molar-refractivity contribution in [3.8, 4) is 5.75 Å². The maximum Gasteiger partial charge on any atom is 0.221 e. The highest BCUT2D eigenvalue weighted by atomic mass is 35.5. The van der Waals surface area contributed by atoms with E-state index in [1.165, 1.54) is 0 Å². The van der Waals surface area contributed by atoms with Gasteiger partial charge < -0.3 is 15.8 Å². The van der Waals surface area contributed by atoms with Crippen LogP contribution in [0.4, 0.5) is 0 Å².